The quantitative estimate of drug-likeness (QED) is 0.724. The van der Waals surface area contributed by atoms with Gasteiger partial charge in [0.25, 0.3) is 5.91 Å². The molecule has 7 nitrogen and oxygen atoms in total. The van der Waals surface area contributed by atoms with E-state index in [1.54, 1.807) is 12.1 Å². The molecule has 0 aromatic heterocycles. The minimum Gasteiger partial charge on any atom is -0.321 e. The average Bonchev–Trinajstić information content (AvgIpc) is 2.48. The van der Waals surface area contributed by atoms with Gasteiger partial charge in [-0.1, -0.05) is 6.07 Å². The summed E-state index contributed by atoms with van der Waals surface area (Å²) in [4.78, 5) is 14.7. The third kappa shape index (κ3) is 3.30. The van der Waals surface area contributed by atoms with Gasteiger partial charge in [-0.2, -0.15) is 0 Å². The van der Waals surface area contributed by atoms with Crippen molar-refractivity contribution in [2.45, 2.75) is 4.90 Å². The van der Waals surface area contributed by atoms with E-state index in [0.717, 1.165) is 43.8 Å². The van der Waals surface area contributed by atoms with Crippen LogP contribution < -0.4 is 10.5 Å². The van der Waals surface area contributed by atoms with Gasteiger partial charge >= 0.3 is 0 Å². The molecule has 120 valence electrons. The number of sulfonamides is 1. The summed E-state index contributed by atoms with van der Waals surface area (Å²) in [5.74, 6) is -0.0816. The number of hydrogen-bond donors (Lipinski definition) is 2. The first-order chi connectivity index (χ1) is 10.4. The zero-order chi connectivity index (χ0) is 15.8. The van der Waals surface area contributed by atoms with Gasteiger partial charge in [-0.15, -0.1) is 0 Å². The van der Waals surface area contributed by atoms with E-state index in [1.165, 1.54) is 12.1 Å². The zero-order valence-corrected chi connectivity index (χ0v) is 13.2. The van der Waals surface area contributed by atoms with Crippen molar-refractivity contribution in [2.24, 2.45) is 5.14 Å². The van der Waals surface area contributed by atoms with Crippen molar-refractivity contribution < 1.29 is 17.7 Å². The van der Waals surface area contributed by atoms with E-state index in [4.69, 9.17) is 5.14 Å². The van der Waals surface area contributed by atoms with E-state index < -0.39 is 10.0 Å². The van der Waals surface area contributed by atoms with Gasteiger partial charge in [0.2, 0.25) is 10.0 Å². The molecule has 8 heteroatoms. The second-order valence-corrected chi connectivity index (χ2v) is 7.69. The van der Waals surface area contributed by atoms with E-state index >= 15 is 0 Å². The molecular weight excluding hydrogens is 304 g/mol. The number of hydrogen-bond acceptors (Lipinski definition) is 4. The van der Waals surface area contributed by atoms with Crippen LogP contribution in [0.25, 0.3) is 0 Å². The normalized spacial score (nSPS) is 27.6. The lowest BCUT2D eigenvalue weighted by Gasteiger charge is -2.50. The number of fused-ring (bicyclic) bond motifs is 3. The molecule has 3 heterocycles. The van der Waals surface area contributed by atoms with Crippen LogP contribution in [0.4, 0.5) is 5.69 Å². The molecule has 4 rings (SSSR count). The van der Waals surface area contributed by atoms with Gasteiger partial charge in [-0.05, 0) is 18.2 Å². The summed E-state index contributed by atoms with van der Waals surface area (Å²) in [5.41, 5.74) is 0.463. The van der Waals surface area contributed by atoms with Crippen LogP contribution in [0.1, 0.15) is 0 Å². The molecule has 0 spiro atoms. The number of rotatable bonds is 4. The Kier molecular flexibility index (Phi) is 3.94. The molecule has 3 aliphatic heterocycles. The Morgan fingerprint density at radius 2 is 1.86 bits per heavy atom. The third-order valence-electron chi connectivity index (χ3n) is 4.60. The molecule has 0 saturated carbocycles. The Morgan fingerprint density at radius 3 is 2.45 bits per heavy atom. The van der Waals surface area contributed by atoms with Gasteiger partial charge in [0.05, 0.1) is 24.5 Å². The molecule has 3 N–H and O–H groups in total. The van der Waals surface area contributed by atoms with Crippen LogP contribution in [0.15, 0.2) is 29.2 Å². The van der Waals surface area contributed by atoms with Crippen LogP contribution in [0.5, 0.6) is 0 Å². The summed E-state index contributed by atoms with van der Waals surface area (Å²) in [5, 5.41) is 7.90. The van der Waals surface area contributed by atoms with Gasteiger partial charge in [-0.25, -0.2) is 13.6 Å². The van der Waals surface area contributed by atoms with Crippen molar-refractivity contribution in [3.63, 3.8) is 0 Å². The summed E-state index contributed by atoms with van der Waals surface area (Å²) in [7, 11) is -3.76. The topological polar surface area (TPSA) is 92.5 Å². The fourth-order valence-corrected chi connectivity index (χ4v) is 3.78. The molecule has 0 atom stereocenters. The van der Waals surface area contributed by atoms with E-state index in [-0.39, 0.29) is 10.8 Å². The summed E-state index contributed by atoms with van der Waals surface area (Å²) < 4.78 is 23.5. The first-order valence-electron chi connectivity index (χ1n) is 7.37. The maximum Gasteiger partial charge on any atom is 0.279 e. The number of piperazine rings is 3. The SMILES string of the molecule is NS(=O)(=O)c1cccc(NC(=O)C[N+]23CCN(CC2)CC3)c1. The number of quaternary nitrogens is 1. The van der Waals surface area contributed by atoms with Crippen LogP contribution in [-0.4, -0.2) is 69.5 Å². The van der Waals surface area contributed by atoms with Crippen LogP contribution in [0, 0.1) is 0 Å². The highest BCUT2D eigenvalue weighted by Gasteiger charge is 2.39. The molecule has 3 aliphatic rings. The number of primary sulfonamides is 1. The molecule has 0 radical (unpaired) electrons. The lowest BCUT2D eigenvalue weighted by atomic mass is 10.1. The van der Waals surface area contributed by atoms with Crippen molar-refractivity contribution in [3.8, 4) is 0 Å². The Bertz CT molecular complexity index is 667. The van der Waals surface area contributed by atoms with Crippen molar-refractivity contribution in [1.82, 2.24) is 4.90 Å². The number of nitrogens with two attached hydrogens (primary N) is 1. The largest absolute Gasteiger partial charge is 0.321 e. The molecular formula is C14H21N4O3S+. The van der Waals surface area contributed by atoms with Gasteiger partial charge in [-0.3, -0.25) is 9.69 Å². The molecule has 1 aromatic carbocycles. The van der Waals surface area contributed by atoms with Gasteiger partial charge < -0.3 is 9.80 Å². The van der Waals surface area contributed by atoms with Crippen LogP contribution in [0.2, 0.25) is 0 Å². The van der Waals surface area contributed by atoms with E-state index in [1.807, 2.05) is 0 Å². The highest BCUT2D eigenvalue weighted by Crippen LogP contribution is 2.20. The molecule has 2 bridgehead atoms. The minimum absolute atomic E-state index is 0.00364. The van der Waals surface area contributed by atoms with E-state index in [0.29, 0.717) is 12.2 Å². The first kappa shape index (κ1) is 15.4. The predicted octanol–water partition coefficient (Wildman–Crippen LogP) is -0.581. The number of nitrogens with one attached hydrogen (secondary N) is 1. The van der Waals surface area contributed by atoms with Crippen LogP contribution in [0.3, 0.4) is 0 Å². The Balaban J connectivity index is 1.67. The fraction of sp³-hybridized carbons (Fsp3) is 0.500. The zero-order valence-electron chi connectivity index (χ0n) is 12.4. The maximum absolute atomic E-state index is 12.3. The summed E-state index contributed by atoms with van der Waals surface area (Å²) in [6, 6.07) is 6.04. The molecule has 3 fully saturated rings. The number of amides is 1. The Labute approximate surface area is 130 Å². The van der Waals surface area contributed by atoms with Crippen LogP contribution >= 0.6 is 0 Å². The van der Waals surface area contributed by atoms with E-state index in [2.05, 4.69) is 10.2 Å². The monoisotopic (exact) mass is 325 g/mol. The highest BCUT2D eigenvalue weighted by molar-refractivity contribution is 7.89. The molecule has 0 aliphatic carbocycles. The highest BCUT2D eigenvalue weighted by atomic mass is 32.2. The van der Waals surface area contributed by atoms with Gasteiger partial charge in [0, 0.05) is 25.3 Å². The number of nitrogens with zero attached hydrogens (tertiary/aromatic N) is 2. The lowest BCUT2D eigenvalue weighted by molar-refractivity contribution is -0.933. The summed E-state index contributed by atoms with van der Waals surface area (Å²) in [6.07, 6.45) is 0. The van der Waals surface area contributed by atoms with E-state index in [9.17, 15) is 13.2 Å². The number of anilines is 1. The standard InChI is InChI=1S/C14H20N4O3S/c15-22(20,21)13-3-1-2-12(10-13)16-14(19)11-18-7-4-17(5-8-18)6-9-18/h1-3,10H,4-9,11H2,(H2-,15,16,19,20,21)/p+1. The lowest BCUT2D eigenvalue weighted by Crippen LogP contribution is -2.68. The number of carbonyl (C=O) groups is 1. The van der Waals surface area contributed by atoms with Crippen molar-refractivity contribution >= 4 is 21.6 Å². The second kappa shape index (κ2) is 5.62. The third-order valence-corrected chi connectivity index (χ3v) is 5.51. The van der Waals surface area contributed by atoms with Crippen molar-refractivity contribution in [1.29, 1.82) is 0 Å². The van der Waals surface area contributed by atoms with Gasteiger partial charge in [0.15, 0.2) is 6.54 Å². The fourth-order valence-electron chi connectivity index (χ4n) is 3.22. The predicted molar refractivity (Wildman–Crippen MR) is 82.6 cm³/mol. The maximum atomic E-state index is 12.3. The number of benzene rings is 1. The van der Waals surface area contributed by atoms with Crippen LogP contribution in [-0.2, 0) is 14.8 Å². The Hall–Kier alpha value is -1.48. The molecule has 1 aromatic rings. The average molecular weight is 325 g/mol. The Morgan fingerprint density at radius 1 is 1.23 bits per heavy atom. The number of carbonyl (C=O) groups excluding carboxylic acids is 1. The molecule has 22 heavy (non-hydrogen) atoms. The summed E-state index contributed by atoms with van der Waals surface area (Å²) in [6.45, 7) is 6.60. The molecule has 0 unspecified atom stereocenters. The minimum atomic E-state index is -3.76. The summed E-state index contributed by atoms with van der Waals surface area (Å²) >= 11 is 0. The smallest absolute Gasteiger partial charge is 0.279 e. The first-order valence-corrected chi connectivity index (χ1v) is 8.91. The van der Waals surface area contributed by atoms with Crippen molar-refractivity contribution in [2.75, 3.05) is 51.1 Å². The van der Waals surface area contributed by atoms with Gasteiger partial charge in [0.1, 0.15) is 0 Å². The van der Waals surface area contributed by atoms with Crippen molar-refractivity contribution in [3.05, 3.63) is 24.3 Å². The second-order valence-electron chi connectivity index (χ2n) is 6.13. The molecule has 3 saturated heterocycles. The molecule has 1 amide bonds.